The monoisotopic (exact) mass is 310 g/mol. The third kappa shape index (κ3) is 3.72. The molecular weight excluding hydrogens is 300 g/mol. The maximum Gasteiger partial charge on any atom is 0.341 e. The highest BCUT2D eigenvalue weighted by molar-refractivity contribution is 8.12. The molecular formula is C13H11ClN2O3S. The van der Waals surface area contributed by atoms with Gasteiger partial charge in [-0.3, -0.25) is 4.90 Å². The van der Waals surface area contributed by atoms with Crippen LogP contribution in [0.1, 0.15) is 0 Å². The Hall–Kier alpha value is -2.05. The molecule has 0 saturated carbocycles. The first kappa shape index (κ1) is 14.4. The Kier molecular flexibility index (Phi) is 4.26. The number of halogens is 1. The summed E-state index contributed by atoms with van der Waals surface area (Å²) in [6.07, 6.45) is 0. The lowest BCUT2D eigenvalue weighted by Gasteiger charge is -2.22. The Morgan fingerprint density at radius 2 is 1.30 bits per heavy atom. The highest BCUT2D eigenvalue weighted by Crippen LogP contribution is 2.25. The Balaban J connectivity index is 2.43. The number of hydrogen-bond donors (Lipinski definition) is 1. The summed E-state index contributed by atoms with van der Waals surface area (Å²) < 4.78 is 23.8. The van der Waals surface area contributed by atoms with E-state index in [1.165, 1.54) is 4.90 Å². The minimum absolute atomic E-state index is 0.525. The summed E-state index contributed by atoms with van der Waals surface area (Å²) in [5.74, 6) is 0. The summed E-state index contributed by atoms with van der Waals surface area (Å²) in [5, 5.41) is 0. The number of nitrogens with zero attached hydrogens (tertiary/aromatic N) is 1. The molecule has 0 saturated heterocycles. The van der Waals surface area contributed by atoms with Crippen molar-refractivity contribution in [2.45, 2.75) is 0 Å². The predicted molar refractivity (Wildman–Crippen MR) is 78.3 cm³/mol. The fourth-order valence-electron chi connectivity index (χ4n) is 1.69. The van der Waals surface area contributed by atoms with Gasteiger partial charge in [-0.2, -0.15) is 8.42 Å². The number of rotatable bonds is 3. The quantitative estimate of drug-likeness (QED) is 0.886. The molecule has 0 atom stereocenters. The van der Waals surface area contributed by atoms with Crippen LogP contribution < -0.4 is 9.62 Å². The van der Waals surface area contributed by atoms with Gasteiger partial charge in [-0.15, -0.1) is 0 Å². The molecule has 0 bridgehead atoms. The fraction of sp³-hybridized carbons (Fsp3) is 0. The maximum atomic E-state index is 12.1. The van der Waals surface area contributed by atoms with Gasteiger partial charge < -0.3 is 0 Å². The molecule has 2 aromatic carbocycles. The van der Waals surface area contributed by atoms with Crippen molar-refractivity contribution < 1.29 is 13.2 Å². The van der Waals surface area contributed by atoms with Crippen molar-refractivity contribution in [1.82, 2.24) is 4.72 Å². The van der Waals surface area contributed by atoms with E-state index in [-0.39, 0.29) is 0 Å². The van der Waals surface area contributed by atoms with Gasteiger partial charge in [0.05, 0.1) is 11.4 Å². The minimum atomic E-state index is -4.15. The molecule has 0 radical (unpaired) electrons. The normalized spacial score (nSPS) is 10.8. The van der Waals surface area contributed by atoms with Crippen LogP contribution in [0, 0.1) is 0 Å². The second-order valence-corrected chi connectivity index (χ2v) is 6.15. The number of carbonyl (C=O) groups is 1. The second-order valence-electron chi connectivity index (χ2n) is 3.85. The van der Waals surface area contributed by atoms with Gasteiger partial charge in [0, 0.05) is 10.7 Å². The molecule has 0 aliphatic heterocycles. The van der Waals surface area contributed by atoms with Crippen LogP contribution in [0.4, 0.5) is 16.2 Å². The third-order valence-electron chi connectivity index (χ3n) is 2.44. The van der Waals surface area contributed by atoms with Gasteiger partial charge in [0.2, 0.25) is 0 Å². The van der Waals surface area contributed by atoms with Crippen molar-refractivity contribution in [2.24, 2.45) is 0 Å². The number of benzene rings is 2. The SMILES string of the molecule is O=C(NS(=O)(=O)Cl)N(c1ccccc1)c1ccccc1. The molecule has 0 aromatic heterocycles. The molecule has 20 heavy (non-hydrogen) atoms. The molecule has 0 unspecified atom stereocenters. The molecule has 0 aliphatic carbocycles. The largest absolute Gasteiger partial charge is 0.341 e. The fourth-order valence-corrected chi connectivity index (χ4v) is 2.19. The number of amides is 2. The topological polar surface area (TPSA) is 66.5 Å². The van der Waals surface area contributed by atoms with Crippen LogP contribution in [-0.2, 0) is 9.24 Å². The molecule has 7 heteroatoms. The van der Waals surface area contributed by atoms with Gasteiger partial charge >= 0.3 is 15.3 Å². The van der Waals surface area contributed by atoms with E-state index in [1.54, 1.807) is 65.4 Å². The first-order valence-electron chi connectivity index (χ1n) is 5.64. The van der Waals surface area contributed by atoms with E-state index < -0.39 is 15.3 Å². The zero-order valence-electron chi connectivity index (χ0n) is 10.2. The molecule has 2 rings (SSSR count). The lowest BCUT2D eigenvalue weighted by atomic mass is 10.2. The van der Waals surface area contributed by atoms with E-state index in [9.17, 15) is 13.2 Å². The number of carbonyl (C=O) groups excluding carboxylic acids is 1. The van der Waals surface area contributed by atoms with Gasteiger partial charge in [-0.25, -0.2) is 9.52 Å². The van der Waals surface area contributed by atoms with Crippen molar-refractivity contribution in [3.8, 4) is 0 Å². The summed E-state index contributed by atoms with van der Waals surface area (Å²) in [7, 11) is 0.907. The Labute approximate surface area is 121 Å². The second kappa shape index (κ2) is 5.94. The average Bonchev–Trinajstić information content (AvgIpc) is 2.39. The lowest BCUT2D eigenvalue weighted by molar-refractivity contribution is 0.253. The summed E-state index contributed by atoms with van der Waals surface area (Å²) in [6, 6.07) is 16.5. The van der Waals surface area contributed by atoms with Crippen LogP contribution in [0.5, 0.6) is 0 Å². The van der Waals surface area contributed by atoms with Gasteiger partial charge in [0.1, 0.15) is 0 Å². The molecule has 0 spiro atoms. The highest BCUT2D eigenvalue weighted by Gasteiger charge is 2.21. The average molecular weight is 311 g/mol. The highest BCUT2D eigenvalue weighted by atomic mass is 35.7. The summed E-state index contributed by atoms with van der Waals surface area (Å²) in [4.78, 5) is 13.3. The van der Waals surface area contributed by atoms with Crippen molar-refractivity contribution in [1.29, 1.82) is 0 Å². The molecule has 2 aromatic rings. The van der Waals surface area contributed by atoms with E-state index >= 15 is 0 Å². The summed E-state index contributed by atoms with van der Waals surface area (Å²) >= 11 is 0. The number of hydrogen-bond acceptors (Lipinski definition) is 3. The van der Waals surface area contributed by atoms with E-state index in [1.807, 2.05) is 0 Å². The van der Waals surface area contributed by atoms with Crippen LogP contribution in [0.2, 0.25) is 0 Å². The molecule has 2 amide bonds. The molecule has 0 aliphatic rings. The third-order valence-corrected chi connectivity index (χ3v) is 3.09. The Morgan fingerprint density at radius 3 is 1.65 bits per heavy atom. The van der Waals surface area contributed by atoms with Crippen molar-refractivity contribution >= 4 is 37.3 Å². The molecule has 1 N–H and O–H groups in total. The van der Waals surface area contributed by atoms with Crippen LogP contribution in [0.15, 0.2) is 60.7 Å². The standard InChI is InChI=1S/C13H11ClN2O3S/c14-20(18,19)15-13(17)16(11-7-3-1-4-8-11)12-9-5-2-6-10-12/h1-10H,(H,15,17). The predicted octanol–water partition coefficient (Wildman–Crippen LogP) is 3.02. The summed E-state index contributed by atoms with van der Waals surface area (Å²) in [5.41, 5.74) is 1.05. The number of nitrogens with one attached hydrogen (secondary N) is 1. The zero-order valence-corrected chi connectivity index (χ0v) is 11.8. The first-order chi connectivity index (χ1) is 9.47. The van der Waals surface area contributed by atoms with Gasteiger partial charge in [-0.05, 0) is 24.3 Å². The van der Waals surface area contributed by atoms with Crippen molar-refractivity contribution in [3.05, 3.63) is 60.7 Å². The maximum absolute atomic E-state index is 12.1. The van der Waals surface area contributed by atoms with Crippen LogP contribution in [0.3, 0.4) is 0 Å². The zero-order chi connectivity index (χ0) is 14.6. The number of para-hydroxylation sites is 2. The van der Waals surface area contributed by atoms with Crippen molar-refractivity contribution in [2.75, 3.05) is 4.90 Å². The van der Waals surface area contributed by atoms with E-state index in [2.05, 4.69) is 0 Å². The molecule has 5 nitrogen and oxygen atoms in total. The number of anilines is 2. The molecule has 104 valence electrons. The van der Waals surface area contributed by atoms with Crippen molar-refractivity contribution in [3.63, 3.8) is 0 Å². The smallest absolute Gasteiger partial charge is 0.262 e. The first-order valence-corrected chi connectivity index (χ1v) is 7.95. The Morgan fingerprint density at radius 1 is 0.900 bits per heavy atom. The minimum Gasteiger partial charge on any atom is -0.262 e. The van der Waals surface area contributed by atoms with Gasteiger partial charge in [-0.1, -0.05) is 36.4 Å². The van der Waals surface area contributed by atoms with Crippen LogP contribution in [0.25, 0.3) is 0 Å². The van der Waals surface area contributed by atoms with Gasteiger partial charge in [0.15, 0.2) is 0 Å². The molecule has 0 heterocycles. The lowest BCUT2D eigenvalue weighted by Crippen LogP contribution is -2.38. The summed E-state index contributed by atoms with van der Waals surface area (Å²) in [6.45, 7) is 0. The van der Waals surface area contributed by atoms with E-state index in [0.717, 1.165) is 0 Å². The Bertz CT molecular complexity index is 651. The van der Waals surface area contributed by atoms with Gasteiger partial charge in [0.25, 0.3) is 0 Å². The van der Waals surface area contributed by atoms with Crippen LogP contribution in [-0.4, -0.2) is 14.4 Å². The van der Waals surface area contributed by atoms with E-state index in [0.29, 0.717) is 11.4 Å². The molecule has 0 fully saturated rings. The van der Waals surface area contributed by atoms with Crippen LogP contribution >= 0.6 is 10.7 Å². The van der Waals surface area contributed by atoms with E-state index in [4.69, 9.17) is 10.7 Å². The number of urea groups is 1.